The molecule has 1 N–H and O–H groups in total. The molecule has 0 aliphatic carbocycles. The van der Waals surface area contributed by atoms with Gasteiger partial charge in [-0.15, -0.1) is 0 Å². The van der Waals surface area contributed by atoms with Gasteiger partial charge in [-0.05, 0) is 31.0 Å². The van der Waals surface area contributed by atoms with Crippen LogP contribution in [0.4, 0.5) is 17.6 Å². The minimum Gasteiger partial charge on any atom is -0.508 e. The van der Waals surface area contributed by atoms with Gasteiger partial charge in [0.25, 0.3) is 0 Å². The van der Waals surface area contributed by atoms with Crippen molar-refractivity contribution in [2.75, 3.05) is 6.54 Å². The van der Waals surface area contributed by atoms with Crippen molar-refractivity contribution in [2.45, 2.75) is 25.1 Å². The first-order valence-corrected chi connectivity index (χ1v) is 5.67. The van der Waals surface area contributed by atoms with E-state index >= 15 is 0 Å². The molecule has 1 aliphatic rings. The molecule has 0 aromatic heterocycles. The molecular weight excluding hydrogens is 266 g/mol. The molecule has 0 spiro atoms. The first-order valence-electron chi connectivity index (χ1n) is 5.67. The molecule has 0 saturated carbocycles. The molecule has 19 heavy (non-hydrogen) atoms. The summed E-state index contributed by atoms with van der Waals surface area (Å²) in [5.74, 6) is -2.94. The number of carbonyl (C=O) groups is 1. The summed E-state index contributed by atoms with van der Waals surface area (Å²) in [5, 5.41) is 9.61. The zero-order chi connectivity index (χ0) is 14.2. The van der Waals surface area contributed by atoms with Gasteiger partial charge in [-0.1, -0.05) is 0 Å². The van der Waals surface area contributed by atoms with Gasteiger partial charge in [0.15, 0.2) is 0 Å². The number of likely N-dealkylation sites (tertiary alicyclic amines) is 1. The number of halogens is 4. The topological polar surface area (TPSA) is 40.5 Å². The molecular formula is C12H11F4NO2. The zero-order valence-corrected chi connectivity index (χ0v) is 9.75. The average molecular weight is 277 g/mol. The minimum atomic E-state index is -4.97. The summed E-state index contributed by atoms with van der Waals surface area (Å²) < 4.78 is 50.5. The number of amides is 1. The van der Waals surface area contributed by atoms with Gasteiger partial charge in [0.05, 0.1) is 6.04 Å². The maximum atomic E-state index is 13.1. The van der Waals surface area contributed by atoms with Gasteiger partial charge < -0.3 is 10.0 Å². The Morgan fingerprint density at radius 1 is 1.37 bits per heavy atom. The van der Waals surface area contributed by atoms with E-state index in [1.807, 2.05) is 0 Å². The number of aromatic hydroxyl groups is 1. The molecule has 2 rings (SSSR count). The third-order valence-corrected chi connectivity index (χ3v) is 3.10. The van der Waals surface area contributed by atoms with Crippen LogP contribution < -0.4 is 0 Å². The van der Waals surface area contributed by atoms with E-state index in [-0.39, 0.29) is 24.3 Å². The molecule has 1 aromatic carbocycles. The molecule has 1 aliphatic heterocycles. The second kappa shape index (κ2) is 4.71. The standard InChI is InChI=1S/C12H11F4NO2/c13-7-3-4-10(18)8(6-7)9-2-1-5-17(9)11(19)12(14,15)16/h3-4,6,9,18H,1-2,5H2/t9-/m1/s1. The highest BCUT2D eigenvalue weighted by molar-refractivity contribution is 5.82. The number of rotatable bonds is 1. The Balaban J connectivity index is 2.33. The van der Waals surface area contributed by atoms with Crippen LogP contribution in [0.1, 0.15) is 24.4 Å². The van der Waals surface area contributed by atoms with E-state index in [4.69, 9.17) is 0 Å². The van der Waals surface area contributed by atoms with Crippen molar-refractivity contribution in [3.63, 3.8) is 0 Å². The minimum absolute atomic E-state index is 0.00935. The normalized spacial score (nSPS) is 19.8. The van der Waals surface area contributed by atoms with Crippen molar-refractivity contribution in [1.82, 2.24) is 4.90 Å². The lowest BCUT2D eigenvalue weighted by atomic mass is 10.0. The Labute approximate surface area is 106 Å². The van der Waals surface area contributed by atoms with Crippen LogP contribution in [0, 0.1) is 5.82 Å². The van der Waals surface area contributed by atoms with Crippen LogP contribution in [-0.4, -0.2) is 28.6 Å². The molecule has 0 bridgehead atoms. The van der Waals surface area contributed by atoms with Crippen LogP contribution in [0.2, 0.25) is 0 Å². The van der Waals surface area contributed by atoms with E-state index in [0.29, 0.717) is 11.3 Å². The fourth-order valence-corrected chi connectivity index (χ4v) is 2.29. The quantitative estimate of drug-likeness (QED) is 0.802. The molecule has 1 amide bonds. The van der Waals surface area contributed by atoms with Crippen LogP contribution in [0.3, 0.4) is 0 Å². The average Bonchev–Trinajstić information content (AvgIpc) is 2.78. The lowest BCUT2D eigenvalue weighted by Gasteiger charge is -2.26. The summed E-state index contributed by atoms with van der Waals surface area (Å²) in [5.41, 5.74) is 0.00935. The van der Waals surface area contributed by atoms with E-state index in [1.54, 1.807) is 0 Å². The Bertz CT molecular complexity index is 501. The van der Waals surface area contributed by atoms with Gasteiger partial charge in [-0.3, -0.25) is 4.79 Å². The third kappa shape index (κ3) is 2.64. The highest BCUT2D eigenvalue weighted by atomic mass is 19.4. The first kappa shape index (κ1) is 13.6. The Hall–Kier alpha value is -1.79. The number of alkyl halides is 3. The van der Waals surface area contributed by atoms with Gasteiger partial charge in [0.2, 0.25) is 0 Å². The molecule has 0 radical (unpaired) electrons. The van der Waals surface area contributed by atoms with E-state index < -0.39 is 23.9 Å². The molecule has 1 heterocycles. The molecule has 1 saturated heterocycles. The van der Waals surface area contributed by atoms with Crippen molar-refractivity contribution in [3.8, 4) is 5.75 Å². The largest absolute Gasteiger partial charge is 0.508 e. The van der Waals surface area contributed by atoms with Crippen molar-refractivity contribution >= 4 is 5.91 Å². The smallest absolute Gasteiger partial charge is 0.471 e. The molecule has 3 nitrogen and oxygen atoms in total. The van der Waals surface area contributed by atoms with Crippen molar-refractivity contribution in [1.29, 1.82) is 0 Å². The van der Waals surface area contributed by atoms with Crippen molar-refractivity contribution < 1.29 is 27.5 Å². The lowest BCUT2D eigenvalue weighted by Crippen LogP contribution is -2.40. The van der Waals surface area contributed by atoms with Crippen LogP contribution in [0.5, 0.6) is 5.75 Å². The lowest BCUT2D eigenvalue weighted by molar-refractivity contribution is -0.186. The molecule has 7 heteroatoms. The highest BCUT2D eigenvalue weighted by Crippen LogP contribution is 2.38. The Kier molecular flexibility index (Phi) is 3.38. The maximum absolute atomic E-state index is 13.1. The molecule has 104 valence electrons. The predicted molar refractivity (Wildman–Crippen MR) is 57.8 cm³/mol. The van der Waals surface area contributed by atoms with Gasteiger partial charge in [-0.2, -0.15) is 13.2 Å². The SMILES string of the molecule is O=C(N1CCC[C@@H]1c1cc(F)ccc1O)C(F)(F)F. The Morgan fingerprint density at radius 3 is 2.68 bits per heavy atom. The maximum Gasteiger partial charge on any atom is 0.471 e. The van der Waals surface area contributed by atoms with Crippen LogP contribution in [-0.2, 0) is 4.79 Å². The molecule has 1 fully saturated rings. The highest BCUT2D eigenvalue weighted by Gasteiger charge is 2.46. The van der Waals surface area contributed by atoms with E-state index in [9.17, 15) is 27.5 Å². The number of hydrogen-bond donors (Lipinski definition) is 1. The predicted octanol–water partition coefficient (Wildman–Crippen LogP) is 2.76. The van der Waals surface area contributed by atoms with Gasteiger partial charge >= 0.3 is 12.1 Å². The number of carbonyl (C=O) groups excluding carboxylic acids is 1. The summed E-state index contributed by atoms with van der Waals surface area (Å²) in [7, 11) is 0. The number of hydrogen-bond acceptors (Lipinski definition) is 2. The first-order chi connectivity index (χ1) is 8.80. The summed E-state index contributed by atoms with van der Waals surface area (Å²) in [6.07, 6.45) is -4.33. The number of phenolic OH excluding ortho intramolecular Hbond substituents is 1. The summed E-state index contributed by atoms with van der Waals surface area (Å²) in [4.78, 5) is 11.9. The van der Waals surface area contributed by atoms with Crippen LogP contribution in [0.15, 0.2) is 18.2 Å². The zero-order valence-electron chi connectivity index (χ0n) is 9.75. The summed E-state index contributed by atoms with van der Waals surface area (Å²) >= 11 is 0. The fraction of sp³-hybridized carbons (Fsp3) is 0.417. The third-order valence-electron chi connectivity index (χ3n) is 3.10. The number of nitrogens with zero attached hydrogens (tertiary/aromatic N) is 1. The van der Waals surface area contributed by atoms with Crippen molar-refractivity contribution in [3.05, 3.63) is 29.6 Å². The van der Waals surface area contributed by atoms with Crippen LogP contribution in [0.25, 0.3) is 0 Å². The van der Waals surface area contributed by atoms with Crippen LogP contribution >= 0.6 is 0 Å². The second-order valence-corrected chi connectivity index (χ2v) is 4.36. The molecule has 0 unspecified atom stereocenters. The number of benzene rings is 1. The Morgan fingerprint density at radius 2 is 2.05 bits per heavy atom. The van der Waals surface area contributed by atoms with E-state index in [1.165, 1.54) is 0 Å². The van der Waals surface area contributed by atoms with Gasteiger partial charge in [0.1, 0.15) is 11.6 Å². The van der Waals surface area contributed by atoms with E-state index in [2.05, 4.69) is 0 Å². The summed E-state index contributed by atoms with van der Waals surface area (Å²) in [6, 6.07) is 2.09. The van der Waals surface area contributed by atoms with Gasteiger partial charge in [0, 0.05) is 12.1 Å². The number of phenols is 1. The second-order valence-electron chi connectivity index (χ2n) is 4.36. The molecule has 1 aromatic rings. The molecule has 1 atom stereocenters. The van der Waals surface area contributed by atoms with Crippen molar-refractivity contribution in [2.24, 2.45) is 0 Å². The fourth-order valence-electron chi connectivity index (χ4n) is 2.29. The van der Waals surface area contributed by atoms with E-state index in [0.717, 1.165) is 18.2 Å². The van der Waals surface area contributed by atoms with Gasteiger partial charge in [-0.25, -0.2) is 4.39 Å². The monoisotopic (exact) mass is 277 g/mol. The summed E-state index contributed by atoms with van der Waals surface area (Å²) in [6.45, 7) is -0.0566.